The van der Waals surface area contributed by atoms with E-state index in [0.29, 0.717) is 10.8 Å². The van der Waals surface area contributed by atoms with E-state index in [1.807, 2.05) is 25.6 Å². The number of fused-ring (bicyclic) bond motifs is 1. The van der Waals surface area contributed by atoms with Gasteiger partial charge in [-0.3, -0.25) is 4.68 Å². The van der Waals surface area contributed by atoms with Crippen molar-refractivity contribution in [2.24, 2.45) is 7.05 Å². The molecule has 3 aromatic rings. The van der Waals surface area contributed by atoms with Gasteiger partial charge in [-0.1, -0.05) is 13.8 Å². The van der Waals surface area contributed by atoms with E-state index in [9.17, 15) is 5.26 Å². The molecule has 0 aromatic carbocycles. The number of aromatic nitrogens is 4. The molecule has 3 aromatic heterocycles. The molecule has 0 spiro atoms. The highest BCUT2D eigenvalue weighted by Gasteiger charge is 2.14. The van der Waals surface area contributed by atoms with Crippen LogP contribution in [0.1, 0.15) is 19.4 Å². The predicted octanol–water partition coefficient (Wildman–Crippen LogP) is 3.11. The Balaban J connectivity index is 2.23. The summed E-state index contributed by atoms with van der Waals surface area (Å²) in [6, 6.07) is 4.32. The summed E-state index contributed by atoms with van der Waals surface area (Å²) in [5.41, 5.74) is 3.57. The van der Waals surface area contributed by atoms with Crippen LogP contribution in [-0.4, -0.2) is 24.6 Å². The fourth-order valence-electron chi connectivity index (χ4n) is 2.24. The first kappa shape index (κ1) is 13.7. The van der Waals surface area contributed by atoms with E-state index in [1.165, 1.54) is 0 Å². The topological polar surface area (TPSA) is 58.9 Å². The van der Waals surface area contributed by atoms with E-state index in [4.69, 9.17) is 0 Å². The van der Waals surface area contributed by atoms with Crippen LogP contribution < -0.4 is 0 Å². The number of rotatable bonds is 3. The largest absolute Gasteiger partial charge is 0.275 e. The van der Waals surface area contributed by atoms with E-state index in [0.717, 1.165) is 21.5 Å². The Morgan fingerprint density at radius 1 is 1.19 bits per heavy atom. The molecule has 0 aliphatic rings. The van der Waals surface area contributed by atoms with Crippen molar-refractivity contribution in [3.05, 3.63) is 36.4 Å². The van der Waals surface area contributed by atoms with Gasteiger partial charge in [-0.15, -0.1) is 11.8 Å². The minimum Gasteiger partial charge on any atom is -0.275 e. The van der Waals surface area contributed by atoms with Crippen LogP contribution in [0.2, 0.25) is 0 Å². The van der Waals surface area contributed by atoms with Gasteiger partial charge in [0.1, 0.15) is 6.07 Å². The summed E-state index contributed by atoms with van der Waals surface area (Å²) in [5.74, 6) is 0. The zero-order valence-electron chi connectivity index (χ0n) is 12.1. The number of nitrogens with zero attached hydrogens (tertiary/aromatic N) is 5. The maximum Gasteiger partial charge on any atom is 0.103 e. The summed E-state index contributed by atoms with van der Waals surface area (Å²) >= 11 is 1.74. The van der Waals surface area contributed by atoms with Gasteiger partial charge in [-0.05, 0) is 6.07 Å². The Morgan fingerprint density at radius 3 is 2.62 bits per heavy atom. The molecule has 0 N–H and O–H groups in total. The molecule has 0 aliphatic carbocycles. The molecule has 0 saturated heterocycles. The monoisotopic (exact) mass is 297 g/mol. The highest BCUT2D eigenvalue weighted by atomic mass is 32.2. The van der Waals surface area contributed by atoms with Gasteiger partial charge in [-0.2, -0.15) is 15.5 Å². The van der Waals surface area contributed by atoms with E-state index in [-0.39, 0.29) is 0 Å². The third-order valence-electron chi connectivity index (χ3n) is 3.10. The predicted molar refractivity (Wildman–Crippen MR) is 83.1 cm³/mol. The van der Waals surface area contributed by atoms with Gasteiger partial charge in [0, 0.05) is 40.7 Å². The second kappa shape index (κ2) is 5.26. The maximum atomic E-state index is 9.25. The molecule has 6 heteroatoms. The number of hydrogen-bond donors (Lipinski definition) is 0. The molecule has 0 bridgehead atoms. The van der Waals surface area contributed by atoms with Crippen LogP contribution in [0.15, 0.2) is 35.7 Å². The summed E-state index contributed by atoms with van der Waals surface area (Å²) in [7, 11) is 1.90. The van der Waals surface area contributed by atoms with Crippen LogP contribution in [0.25, 0.3) is 16.6 Å². The van der Waals surface area contributed by atoms with Crippen molar-refractivity contribution in [2.75, 3.05) is 0 Å². The lowest BCUT2D eigenvalue weighted by Crippen LogP contribution is -1.94. The molecule has 3 heterocycles. The van der Waals surface area contributed by atoms with Gasteiger partial charge >= 0.3 is 0 Å². The minimum atomic E-state index is 0.430. The summed E-state index contributed by atoms with van der Waals surface area (Å²) in [4.78, 5) is 1.07. The molecule has 0 amide bonds. The lowest BCUT2D eigenvalue weighted by Gasteiger charge is -2.09. The van der Waals surface area contributed by atoms with Crippen LogP contribution >= 0.6 is 11.8 Å². The van der Waals surface area contributed by atoms with E-state index >= 15 is 0 Å². The highest BCUT2D eigenvalue weighted by Crippen LogP contribution is 2.33. The molecule has 0 atom stereocenters. The molecule has 0 fully saturated rings. The van der Waals surface area contributed by atoms with Crippen molar-refractivity contribution in [3.63, 3.8) is 0 Å². The third kappa shape index (κ3) is 2.52. The van der Waals surface area contributed by atoms with Crippen molar-refractivity contribution in [1.29, 1.82) is 5.26 Å². The van der Waals surface area contributed by atoms with Crippen LogP contribution in [0.3, 0.4) is 0 Å². The van der Waals surface area contributed by atoms with Crippen LogP contribution in [-0.2, 0) is 7.05 Å². The number of aryl methyl sites for hydroxylation is 1. The fraction of sp³-hybridized carbons (Fsp3) is 0.267. The molecule has 0 radical (unpaired) electrons. The van der Waals surface area contributed by atoms with Crippen LogP contribution in [0.4, 0.5) is 0 Å². The maximum absolute atomic E-state index is 9.25. The minimum absolute atomic E-state index is 0.430. The summed E-state index contributed by atoms with van der Waals surface area (Å²) in [6.45, 7) is 4.28. The van der Waals surface area contributed by atoms with E-state index in [1.54, 1.807) is 27.2 Å². The Labute approximate surface area is 127 Å². The molecule has 21 heavy (non-hydrogen) atoms. The van der Waals surface area contributed by atoms with E-state index < -0.39 is 0 Å². The molecule has 0 unspecified atom stereocenters. The summed E-state index contributed by atoms with van der Waals surface area (Å²) in [6.07, 6.45) is 7.36. The zero-order chi connectivity index (χ0) is 15.0. The molecule has 3 rings (SSSR count). The van der Waals surface area contributed by atoms with Crippen LogP contribution in [0.5, 0.6) is 0 Å². The summed E-state index contributed by atoms with van der Waals surface area (Å²) in [5, 5.41) is 18.2. The van der Waals surface area contributed by atoms with Crippen molar-refractivity contribution in [1.82, 2.24) is 19.4 Å². The third-order valence-corrected chi connectivity index (χ3v) is 4.13. The quantitative estimate of drug-likeness (QED) is 0.697. The highest BCUT2D eigenvalue weighted by molar-refractivity contribution is 8.00. The number of nitriles is 1. The first-order valence-electron chi connectivity index (χ1n) is 6.65. The molecular weight excluding hydrogens is 282 g/mol. The van der Waals surface area contributed by atoms with Gasteiger partial charge in [0.05, 0.1) is 23.5 Å². The second-order valence-electron chi connectivity index (χ2n) is 5.13. The second-order valence-corrected chi connectivity index (χ2v) is 6.74. The molecule has 5 nitrogen and oxygen atoms in total. The SMILES string of the molecule is CC(C)Sc1cc(-c2cnn(C)c2)cn2ncc(C#N)c12. The van der Waals surface area contributed by atoms with Gasteiger partial charge in [0.2, 0.25) is 0 Å². The Morgan fingerprint density at radius 2 is 2.00 bits per heavy atom. The van der Waals surface area contributed by atoms with Crippen LogP contribution in [0, 0.1) is 11.3 Å². The first-order chi connectivity index (χ1) is 10.1. The smallest absolute Gasteiger partial charge is 0.103 e. The molecule has 106 valence electrons. The van der Waals surface area contributed by atoms with Crippen molar-refractivity contribution >= 4 is 17.3 Å². The molecule has 0 aliphatic heterocycles. The van der Waals surface area contributed by atoms with Crippen molar-refractivity contribution < 1.29 is 0 Å². The summed E-state index contributed by atoms with van der Waals surface area (Å²) < 4.78 is 3.56. The Bertz CT molecular complexity index is 837. The van der Waals surface area contributed by atoms with Gasteiger partial charge in [0.25, 0.3) is 0 Å². The lowest BCUT2D eigenvalue weighted by atomic mass is 10.1. The molecule has 0 saturated carbocycles. The molecular formula is C15H15N5S. The first-order valence-corrected chi connectivity index (χ1v) is 7.53. The average molecular weight is 297 g/mol. The zero-order valence-corrected chi connectivity index (χ0v) is 12.9. The number of hydrogen-bond acceptors (Lipinski definition) is 4. The van der Waals surface area contributed by atoms with Gasteiger partial charge < -0.3 is 0 Å². The Kier molecular flexibility index (Phi) is 3.43. The van der Waals surface area contributed by atoms with Crippen molar-refractivity contribution in [3.8, 4) is 17.2 Å². The normalized spacial score (nSPS) is 11.2. The van der Waals surface area contributed by atoms with E-state index in [2.05, 4.69) is 36.2 Å². The van der Waals surface area contributed by atoms with Gasteiger partial charge in [0.15, 0.2) is 0 Å². The average Bonchev–Trinajstić information content (AvgIpc) is 3.03. The number of pyridine rings is 1. The van der Waals surface area contributed by atoms with Gasteiger partial charge in [-0.25, -0.2) is 4.52 Å². The fourth-order valence-corrected chi connectivity index (χ4v) is 3.26. The van der Waals surface area contributed by atoms with Crippen molar-refractivity contribution in [2.45, 2.75) is 24.0 Å². The lowest BCUT2D eigenvalue weighted by molar-refractivity contribution is 0.768. The standard InChI is InChI=1S/C15H15N5S/c1-10(2)21-14-4-11(13-7-17-19(3)8-13)9-20-15(14)12(5-16)6-18-20/h4,6-10H,1-3H3. The Hall–Kier alpha value is -2.26. The number of thioether (sulfide) groups is 1.